The Kier molecular flexibility index (Phi) is 12.8. The number of halogens is 4. The number of carbonyl (C=O) groups is 1. The van der Waals surface area contributed by atoms with E-state index in [0.29, 0.717) is 66.5 Å². The van der Waals surface area contributed by atoms with E-state index in [-0.39, 0.29) is 29.3 Å². The van der Waals surface area contributed by atoms with Gasteiger partial charge in [-0.25, -0.2) is 18.1 Å². The molecule has 0 atom stereocenters. The lowest BCUT2D eigenvalue weighted by Crippen LogP contribution is -2.47. The van der Waals surface area contributed by atoms with Gasteiger partial charge in [-0.05, 0) is 117 Å². The number of amides is 1. The van der Waals surface area contributed by atoms with Gasteiger partial charge in [-0.3, -0.25) is 14.8 Å². The van der Waals surface area contributed by atoms with Crippen molar-refractivity contribution in [3.63, 3.8) is 0 Å². The number of nitrogens with one attached hydrogen (secondary N) is 2. The first-order valence-corrected chi connectivity index (χ1v) is 23.4. The Morgan fingerprint density at radius 1 is 0.969 bits per heavy atom. The van der Waals surface area contributed by atoms with Gasteiger partial charge in [-0.15, -0.1) is 0 Å². The van der Waals surface area contributed by atoms with Crippen molar-refractivity contribution in [1.82, 2.24) is 24.8 Å². The third-order valence-electron chi connectivity index (χ3n) is 12.7. The smallest absolute Gasteiger partial charge is 0.421 e. The van der Waals surface area contributed by atoms with Crippen LogP contribution in [0.2, 0.25) is 5.02 Å². The molecule has 1 aliphatic heterocycles. The van der Waals surface area contributed by atoms with Gasteiger partial charge >= 0.3 is 6.18 Å². The second-order valence-corrected chi connectivity index (χ2v) is 20.4. The number of benzene rings is 3. The number of piperazine rings is 1. The number of sulfonamides is 1. The summed E-state index contributed by atoms with van der Waals surface area (Å²) in [6, 6.07) is 18.5. The second-order valence-electron chi connectivity index (χ2n) is 18.3. The lowest BCUT2D eigenvalue weighted by atomic mass is 9.72. The quantitative estimate of drug-likeness (QED) is 0.110. The molecule has 17 heteroatoms. The Bertz CT molecular complexity index is 2650. The highest BCUT2D eigenvalue weighted by atomic mass is 35.5. The maximum atomic E-state index is 14.3. The van der Waals surface area contributed by atoms with Gasteiger partial charge in [0.1, 0.15) is 22.0 Å². The zero-order valence-electron chi connectivity index (χ0n) is 36.0. The molecule has 1 saturated carbocycles. The average Bonchev–Trinajstić information content (AvgIpc) is 3.74. The number of H-pyrrole nitrogens is 1. The molecule has 3 aromatic carbocycles. The van der Waals surface area contributed by atoms with Gasteiger partial charge in [0, 0.05) is 49.5 Å². The number of anilines is 1. The largest absolute Gasteiger partial charge is 0.477 e. The van der Waals surface area contributed by atoms with Gasteiger partial charge in [0.2, 0.25) is 5.88 Å². The van der Waals surface area contributed by atoms with Crippen molar-refractivity contribution in [3.05, 3.63) is 106 Å². The van der Waals surface area contributed by atoms with Crippen LogP contribution in [0.15, 0.2) is 89.6 Å². The fourth-order valence-corrected chi connectivity index (χ4v) is 9.89. The van der Waals surface area contributed by atoms with Gasteiger partial charge in [-0.1, -0.05) is 49.2 Å². The summed E-state index contributed by atoms with van der Waals surface area (Å²) in [5.74, 6) is -1.61. The van der Waals surface area contributed by atoms with Gasteiger partial charge in [0.05, 0.1) is 41.1 Å². The molecule has 1 saturated heterocycles. The number of ether oxygens (including phenoxy) is 2. The molecule has 0 spiro atoms. The number of carbonyl (C=O) groups excluding carboxylic acids is 1. The first-order valence-electron chi connectivity index (χ1n) is 21.5. The van der Waals surface area contributed by atoms with Crippen LogP contribution in [0.1, 0.15) is 87.2 Å². The molecule has 3 aliphatic rings. The van der Waals surface area contributed by atoms with Crippen molar-refractivity contribution in [2.75, 3.05) is 44.2 Å². The third kappa shape index (κ3) is 10.5. The molecule has 2 fully saturated rings. The first kappa shape index (κ1) is 45.4. The van der Waals surface area contributed by atoms with Crippen molar-refractivity contribution in [3.8, 4) is 17.4 Å². The molecule has 1 amide bonds. The number of fused-ring (bicyclic) bond motifs is 1. The number of hydrogen-bond donors (Lipinski definition) is 3. The number of pyridine rings is 1. The summed E-state index contributed by atoms with van der Waals surface area (Å²) in [5, 5.41) is 18.5. The van der Waals surface area contributed by atoms with E-state index in [4.69, 9.17) is 21.1 Å². The fraction of sp³-hybridized carbons (Fsp3) is 0.426. The van der Waals surface area contributed by atoms with E-state index in [1.165, 1.54) is 22.8 Å². The van der Waals surface area contributed by atoms with Crippen LogP contribution in [0.25, 0.3) is 16.5 Å². The minimum atomic E-state index is -5.02. The van der Waals surface area contributed by atoms with Crippen molar-refractivity contribution < 1.29 is 41.0 Å². The van der Waals surface area contributed by atoms with Gasteiger partial charge in [0.25, 0.3) is 15.9 Å². The lowest BCUT2D eigenvalue weighted by Gasteiger charge is -2.39. The van der Waals surface area contributed by atoms with Crippen molar-refractivity contribution in [2.24, 2.45) is 11.3 Å². The van der Waals surface area contributed by atoms with Crippen LogP contribution >= 0.6 is 11.6 Å². The van der Waals surface area contributed by atoms with Crippen LogP contribution < -0.4 is 19.1 Å². The molecule has 0 radical (unpaired) electrons. The monoisotopic (exact) mass is 920 g/mol. The Hall–Kier alpha value is -5.16. The number of aromatic nitrogens is 3. The number of rotatable bonds is 12. The summed E-state index contributed by atoms with van der Waals surface area (Å²) in [5.41, 5.74) is 3.23. The van der Waals surface area contributed by atoms with E-state index in [9.17, 15) is 31.5 Å². The minimum Gasteiger partial charge on any atom is -0.477 e. The van der Waals surface area contributed by atoms with Crippen molar-refractivity contribution >= 4 is 49.7 Å². The second kappa shape index (κ2) is 18.0. The SMILES string of the molecule is CC1(C)CCC(CN2CCN(c3ccc(C(=O)NS(=O)(=O)c4cnc(OC[C@H]5CC[C@](C)(O)CC5)c(C(F)(F)F)c4)c(Oc4cccc5[nH]ncc45)c3)CC2)=C(c2ccc(Cl)cc2)C1. The summed E-state index contributed by atoms with van der Waals surface area (Å²) in [6.07, 6.45) is 2.46. The van der Waals surface area contributed by atoms with Crippen LogP contribution in [0.3, 0.4) is 0 Å². The molecule has 340 valence electrons. The maximum absolute atomic E-state index is 14.3. The summed E-state index contributed by atoms with van der Waals surface area (Å²) in [4.78, 5) is 21.4. The van der Waals surface area contributed by atoms with Crippen LogP contribution in [0.5, 0.6) is 17.4 Å². The molecule has 2 aromatic heterocycles. The fourth-order valence-electron chi connectivity index (χ4n) is 8.82. The molecule has 8 rings (SSSR count). The maximum Gasteiger partial charge on any atom is 0.421 e. The topological polar surface area (TPSA) is 150 Å². The van der Waals surface area contributed by atoms with E-state index in [1.807, 2.05) is 16.9 Å². The highest BCUT2D eigenvalue weighted by molar-refractivity contribution is 7.90. The Morgan fingerprint density at radius 2 is 1.70 bits per heavy atom. The number of aliphatic hydroxyl groups is 1. The Balaban J connectivity index is 1.01. The molecule has 0 bridgehead atoms. The molecule has 5 aromatic rings. The average molecular weight is 921 g/mol. The van der Waals surface area contributed by atoms with E-state index < -0.39 is 44.0 Å². The molecule has 12 nitrogen and oxygen atoms in total. The van der Waals surface area contributed by atoms with Crippen LogP contribution in [0, 0.1) is 11.3 Å². The number of hydrogen-bond acceptors (Lipinski definition) is 10. The van der Waals surface area contributed by atoms with E-state index in [0.717, 1.165) is 50.8 Å². The molecule has 3 N–H and O–H groups in total. The van der Waals surface area contributed by atoms with E-state index in [1.54, 1.807) is 43.5 Å². The van der Waals surface area contributed by atoms with Crippen LogP contribution in [-0.4, -0.2) is 84.4 Å². The predicted octanol–water partition coefficient (Wildman–Crippen LogP) is 9.65. The summed E-state index contributed by atoms with van der Waals surface area (Å²) in [7, 11) is -4.89. The number of allylic oxidation sites excluding steroid dienone is 1. The van der Waals surface area contributed by atoms with Gasteiger partial charge in [0.15, 0.2) is 0 Å². The van der Waals surface area contributed by atoms with Crippen LogP contribution in [0.4, 0.5) is 18.9 Å². The molecule has 2 aliphatic carbocycles. The highest BCUT2D eigenvalue weighted by Crippen LogP contribution is 2.44. The number of nitrogens with zero attached hydrogens (tertiary/aromatic N) is 4. The Morgan fingerprint density at radius 3 is 2.42 bits per heavy atom. The predicted molar refractivity (Wildman–Crippen MR) is 239 cm³/mol. The molecular formula is C47H52ClF3N6O6S. The minimum absolute atomic E-state index is 0.0333. The van der Waals surface area contributed by atoms with Crippen LogP contribution in [-0.2, 0) is 16.2 Å². The summed E-state index contributed by atoms with van der Waals surface area (Å²) >= 11 is 6.23. The molecule has 0 unspecified atom stereocenters. The molecule has 64 heavy (non-hydrogen) atoms. The standard InChI is InChI=1S/C47H52ClF3N6O6S/c1-45(2)16-15-32(37(25-45)31-7-9-33(48)10-8-31)28-56-19-21-57(22-20-56)34-11-12-36(42(23-34)63-41-6-4-5-40-38(41)27-53-54-40)43(58)55-64(60,61)35-24-39(47(49,50)51)44(52-26-35)62-29-30-13-17-46(3,59)18-14-30/h4-12,23-24,26-27,30,59H,13-22,25,28-29H2,1-3H3,(H,53,54)(H,55,58)/t30-,46-. The lowest BCUT2D eigenvalue weighted by molar-refractivity contribution is -0.139. The zero-order chi connectivity index (χ0) is 45.4. The number of aromatic amines is 1. The molecule has 3 heterocycles. The number of alkyl halides is 3. The summed E-state index contributed by atoms with van der Waals surface area (Å²) < 4.78 is 84.0. The summed E-state index contributed by atoms with van der Waals surface area (Å²) in [6.45, 7) is 9.98. The highest BCUT2D eigenvalue weighted by Gasteiger charge is 2.38. The zero-order valence-corrected chi connectivity index (χ0v) is 37.5. The third-order valence-corrected chi connectivity index (χ3v) is 14.3. The normalized spacial score (nSPS) is 20.9. The van der Waals surface area contributed by atoms with Gasteiger partial charge in [-0.2, -0.15) is 18.3 Å². The van der Waals surface area contributed by atoms with E-state index >= 15 is 0 Å². The first-order chi connectivity index (χ1) is 30.3. The van der Waals surface area contributed by atoms with Crippen molar-refractivity contribution in [2.45, 2.75) is 82.4 Å². The van der Waals surface area contributed by atoms with Crippen molar-refractivity contribution in [1.29, 1.82) is 0 Å². The van der Waals surface area contributed by atoms with E-state index in [2.05, 4.69) is 51.0 Å². The Labute approximate surface area is 375 Å². The molecular weight excluding hydrogens is 869 g/mol. The van der Waals surface area contributed by atoms with Gasteiger partial charge < -0.3 is 19.5 Å².